The van der Waals surface area contributed by atoms with Gasteiger partial charge in [0.15, 0.2) is 0 Å². The van der Waals surface area contributed by atoms with Crippen molar-refractivity contribution in [1.29, 1.82) is 0 Å². The average molecular weight is 380 g/mol. The van der Waals surface area contributed by atoms with E-state index in [2.05, 4.69) is 35.5 Å². The summed E-state index contributed by atoms with van der Waals surface area (Å²) in [5.41, 5.74) is 5.84. The first-order chi connectivity index (χ1) is 13.0. The third kappa shape index (κ3) is 5.08. The molecule has 0 saturated heterocycles. The molecule has 4 nitrogen and oxygen atoms in total. The minimum absolute atomic E-state index is 0.138. The van der Waals surface area contributed by atoms with Gasteiger partial charge in [0, 0.05) is 23.5 Å². The number of benzene rings is 2. The van der Waals surface area contributed by atoms with Gasteiger partial charge in [0.1, 0.15) is 0 Å². The highest BCUT2D eigenvalue weighted by Crippen LogP contribution is 2.22. The minimum atomic E-state index is -0.138. The van der Waals surface area contributed by atoms with E-state index in [0.717, 1.165) is 23.4 Å². The highest BCUT2D eigenvalue weighted by molar-refractivity contribution is 6.30. The van der Waals surface area contributed by atoms with Crippen LogP contribution < -0.4 is 10.6 Å². The molecule has 138 valence electrons. The van der Waals surface area contributed by atoms with E-state index >= 15 is 0 Å². The van der Waals surface area contributed by atoms with Crippen molar-refractivity contribution in [1.82, 2.24) is 10.3 Å². The topological polar surface area (TPSA) is 54.0 Å². The molecule has 0 spiro atoms. The Hall–Kier alpha value is -2.85. The number of carbonyl (C=O) groups excluding carboxylic acids is 1. The van der Waals surface area contributed by atoms with Gasteiger partial charge in [-0.3, -0.25) is 9.78 Å². The highest BCUT2D eigenvalue weighted by atomic mass is 35.5. The van der Waals surface area contributed by atoms with Crippen LogP contribution in [-0.4, -0.2) is 17.4 Å². The maximum Gasteiger partial charge on any atom is 0.252 e. The lowest BCUT2D eigenvalue weighted by Gasteiger charge is -2.12. The Balaban J connectivity index is 1.61. The summed E-state index contributed by atoms with van der Waals surface area (Å²) >= 11 is 5.88. The number of nitrogens with zero attached hydrogens (tertiary/aromatic N) is 1. The highest BCUT2D eigenvalue weighted by Gasteiger charge is 2.08. The molecule has 3 aromatic rings. The summed E-state index contributed by atoms with van der Waals surface area (Å²) in [5, 5.41) is 6.98. The summed E-state index contributed by atoms with van der Waals surface area (Å²) in [4.78, 5) is 16.6. The number of aromatic nitrogens is 1. The van der Waals surface area contributed by atoms with Gasteiger partial charge < -0.3 is 10.6 Å². The van der Waals surface area contributed by atoms with Crippen molar-refractivity contribution in [3.63, 3.8) is 0 Å². The Labute approximate surface area is 164 Å². The quantitative estimate of drug-likeness (QED) is 0.628. The van der Waals surface area contributed by atoms with E-state index in [1.54, 1.807) is 12.4 Å². The Morgan fingerprint density at radius 1 is 1.07 bits per heavy atom. The molecule has 0 saturated carbocycles. The lowest BCUT2D eigenvalue weighted by Crippen LogP contribution is -2.25. The van der Waals surface area contributed by atoms with Crippen LogP contribution in [0, 0.1) is 13.8 Å². The van der Waals surface area contributed by atoms with Gasteiger partial charge in [0.05, 0.1) is 17.4 Å². The number of carbonyl (C=O) groups is 1. The van der Waals surface area contributed by atoms with Crippen LogP contribution in [0.1, 0.15) is 27.0 Å². The van der Waals surface area contributed by atoms with Gasteiger partial charge >= 0.3 is 0 Å². The van der Waals surface area contributed by atoms with Gasteiger partial charge in [-0.1, -0.05) is 35.9 Å². The van der Waals surface area contributed by atoms with Crippen LogP contribution in [0.15, 0.2) is 60.9 Å². The second kappa shape index (κ2) is 8.69. The number of rotatable bonds is 6. The zero-order chi connectivity index (χ0) is 19.2. The SMILES string of the molecule is Cc1cccc(Nc2cncc(C(=O)NCCc3ccc(Cl)cc3)c2)c1C. The summed E-state index contributed by atoms with van der Waals surface area (Å²) < 4.78 is 0. The lowest BCUT2D eigenvalue weighted by atomic mass is 10.1. The van der Waals surface area contributed by atoms with Crippen LogP contribution >= 0.6 is 11.6 Å². The molecule has 27 heavy (non-hydrogen) atoms. The fourth-order valence-electron chi connectivity index (χ4n) is 2.75. The van der Waals surface area contributed by atoms with Crippen LogP contribution in [0.2, 0.25) is 5.02 Å². The van der Waals surface area contributed by atoms with Crippen LogP contribution in [-0.2, 0) is 6.42 Å². The predicted octanol–water partition coefficient (Wildman–Crippen LogP) is 5.07. The second-order valence-electron chi connectivity index (χ2n) is 6.47. The number of nitrogens with one attached hydrogen (secondary N) is 2. The molecule has 1 amide bonds. The largest absolute Gasteiger partial charge is 0.354 e. The Bertz CT molecular complexity index is 939. The zero-order valence-electron chi connectivity index (χ0n) is 15.4. The molecule has 0 unspecified atom stereocenters. The van der Waals surface area contributed by atoms with E-state index in [0.29, 0.717) is 17.1 Å². The van der Waals surface area contributed by atoms with E-state index in [4.69, 9.17) is 11.6 Å². The Kier molecular flexibility index (Phi) is 6.09. The third-order valence-corrected chi connectivity index (χ3v) is 4.75. The lowest BCUT2D eigenvalue weighted by molar-refractivity contribution is 0.0954. The van der Waals surface area contributed by atoms with Crippen LogP contribution in [0.25, 0.3) is 0 Å². The average Bonchev–Trinajstić information content (AvgIpc) is 2.67. The molecule has 0 aliphatic rings. The van der Waals surface area contributed by atoms with Crippen molar-refractivity contribution in [2.45, 2.75) is 20.3 Å². The summed E-state index contributed by atoms with van der Waals surface area (Å²) in [5.74, 6) is -0.138. The maximum atomic E-state index is 12.4. The number of amides is 1. The fourth-order valence-corrected chi connectivity index (χ4v) is 2.87. The number of hydrogen-bond donors (Lipinski definition) is 2. The van der Waals surface area contributed by atoms with Gasteiger partial charge in [-0.15, -0.1) is 0 Å². The number of anilines is 2. The van der Waals surface area contributed by atoms with Crippen molar-refractivity contribution in [2.75, 3.05) is 11.9 Å². The van der Waals surface area contributed by atoms with Crippen molar-refractivity contribution < 1.29 is 4.79 Å². The van der Waals surface area contributed by atoms with E-state index in [1.807, 2.05) is 42.5 Å². The summed E-state index contributed by atoms with van der Waals surface area (Å²) in [6.45, 7) is 4.69. The van der Waals surface area contributed by atoms with Gasteiger partial charge in [-0.05, 0) is 61.2 Å². The molecule has 1 heterocycles. The molecular formula is C22H22ClN3O. The van der Waals surface area contributed by atoms with Crippen LogP contribution in [0.3, 0.4) is 0 Å². The molecule has 5 heteroatoms. The monoisotopic (exact) mass is 379 g/mol. The van der Waals surface area contributed by atoms with Crippen molar-refractivity contribution in [2.24, 2.45) is 0 Å². The first kappa shape index (κ1) is 18.9. The normalized spacial score (nSPS) is 10.5. The molecule has 2 aromatic carbocycles. The minimum Gasteiger partial charge on any atom is -0.354 e. The standard InChI is InChI=1S/C22H22ClN3O/c1-15-4-3-5-21(16(15)2)26-20-12-18(13-24-14-20)22(27)25-11-10-17-6-8-19(23)9-7-17/h3-9,12-14,26H,10-11H2,1-2H3,(H,25,27). The summed E-state index contributed by atoms with van der Waals surface area (Å²) in [6.07, 6.45) is 4.04. The third-order valence-electron chi connectivity index (χ3n) is 4.50. The molecule has 0 fully saturated rings. The van der Waals surface area contributed by atoms with Crippen molar-refractivity contribution in [3.05, 3.63) is 88.2 Å². The maximum absolute atomic E-state index is 12.4. The second-order valence-corrected chi connectivity index (χ2v) is 6.90. The molecule has 0 bridgehead atoms. The first-order valence-electron chi connectivity index (χ1n) is 8.84. The molecule has 2 N–H and O–H groups in total. The molecule has 0 radical (unpaired) electrons. The van der Waals surface area contributed by atoms with Gasteiger partial charge in [0.2, 0.25) is 0 Å². The fraction of sp³-hybridized carbons (Fsp3) is 0.182. The van der Waals surface area contributed by atoms with Crippen molar-refractivity contribution in [3.8, 4) is 0 Å². The van der Waals surface area contributed by atoms with E-state index in [-0.39, 0.29) is 5.91 Å². The Morgan fingerprint density at radius 3 is 2.63 bits per heavy atom. The van der Waals surface area contributed by atoms with Gasteiger partial charge in [-0.25, -0.2) is 0 Å². The van der Waals surface area contributed by atoms with E-state index in [9.17, 15) is 4.79 Å². The summed E-state index contributed by atoms with van der Waals surface area (Å²) in [6, 6.07) is 15.5. The molecule has 0 atom stereocenters. The van der Waals surface area contributed by atoms with Gasteiger partial charge in [0.25, 0.3) is 5.91 Å². The molecule has 1 aromatic heterocycles. The molecule has 0 aliphatic carbocycles. The Morgan fingerprint density at radius 2 is 1.85 bits per heavy atom. The molecule has 0 aliphatic heterocycles. The predicted molar refractivity (Wildman–Crippen MR) is 111 cm³/mol. The van der Waals surface area contributed by atoms with Crippen LogP contribution in [0.5, 0.6) is 0 Å². The number of aryl methyl sites for hydroxylation is 1. The number of hydrogen-bond acceptors (Lipinski definition) is 3. The number of halogens is 1. The van der Waals surface area contributed by atoms with E-state index < -0.39 is 0 Å². The zero-order valence-corrected chi connectivity index (χ0v) is 16.2. The smallest absolute Gasteiger partial charge is 0.252 e. The van der Waals surface area contributed by atoms with Gasteiger partial charge in [-0.2, -0.15) is 0 Å². The first-order valence-corrected chi connectivity index (χ1v) is 9.21. The number of pyridine rings is 1. The van der Waals surface area contributed by atoms with Crippen molar-refractivity contribution >= 4 is 28.9 Å². The van der Waals surface area contributed by atoms with Crippen LogP contribution in [0.4, 0.5) is 11.4 Å². The summed E-state index contributed by atoms with van der Waals surface area (Å²) in [7, 11) is 0. The molecular weight excluding hydrogens is 358 g/mol. The van der Waals surface area contributed by atoms with E-state index in [1.165, 1.54) is 11.1 Å². The molecule has 3 rings (SSSR count).